The highest BCUT2D eigenvalue weighted by Crippen LogP contribution is 2.31. The number of rotatable bonds is 6. The molecule has 0 aliphatic carbocycles. The molecule has 2 aliphatic heterocycles. The SMILES string of the molecule is CCCCc1nc(CN2CCC[C@@H]2[C@@H]2CCCN2C(C)=O)cs1. The van der Waals surface area contributed by atoms with Gasteiger partial charge in [-0.15, -0.1) is 11.3 Å². The third kappa shape index (κ3) is 3.94. The topological polar surface area (TPSA) is 36.4 Å². The van der Waals surface area contributed by atoms with E-state index < -0.39 is 0 Å². The van der Waals surface area contributed by atoms with Crippen LogP contribution in [0.3, 0.4) is 0 Å². The van der Waals surface area contributed by atoms with E-state index in [1.807, 2.05) is 11.3 Å². The van der Waals surface area contributed by atoms with E-state index in [0.29, 0.717) is 12.1 Å². The second-order valence-electron chi connectivity index (χ2n) is 6.94. The van der Waals surface area contributed by atoms with Crippen LogP contribution in [0, 0.1) is 0 Å². The zero-order chi connectivity index (χ0) is 16.2. The van der Waals surface area contributed by atoms with Crippen LogP contribution in [0.4, 0.5) is 0 Å². The monoisotopic (exact) mass is 335 g/mol. The minimum atomic E-state index is 0.245. The van der Waals surface area contributed by atoms with Gasteiger partial charge in [0.2, 0.25) is 5.91 Å². The third-order valence-electron chi connectivity index (χ3n) is 5.27. The summed E-state index contributed by atoms with van der Waals surface area (Å²) in [6, 6.07) is 0.954. The van der Waals surface area contributed by atoms with Gasteiger partial charge in [-0.25, -0.2) is 4.98 Å². The number of aryl methyl sites for hydroxylation is 1. The number of thiazole rings is 1. The fourth-order valence-electron chi connectivity index (χ4n) is 4.14. The van der Waals surface area contributed by atoms with Gasteiger partial charge in [0.25, 0.3) is 0 Å². The predicted molar refractivity (Wildman–Crippen MR) is 94.6 cm³/mol. The number of unbranched alkanes of at least 4 members (excludes halogenated alkanes) is 1. The molecule has 4 nitrogen and oxygen atoms in total. The van der Waals surface area contributed by atoms with Gasteiger partial charge in [0, 0.05) is 37.5 Å². The van der Waals surface area contributed by atoms with Gasteiger partial charge in [0.15, 0.2) is 0 Å². The van der Waals surface area contributed by atoms with Crippen molar-refractivity contribution in [2.75, 3.05) is 13.1 Å². The standard InChI is InChI=1S/C18H29N3OS/c1-3-4-9-18-19-15(13-23-18)12-20-10-5-7-16(20)17-8-6-11-21(17)14(2)22/h13,16-17H,3-12H2,1-2H3/t16-,17+/m1/s1. The molecule has 2 fully saturated rings. The Morgan fingerprint density at radius 1 is 1.30 bits per heavy atom. The third-order valence-corrected chi connectivity index (χ3v) is 6.23. The maximum absolute atomic E-state index is 11.9. The number of likely N-dealkylation sites (tertiary alicyclic amines) is 2. The second-order valence-corrected chi connectivity index (χ2v) is 7.88. The van der Waals surface area contributed by atoms with Gasteiger partial charge in [0.1, 0.15) is 0 Å². The molecule has 0 saturated carbocycles. The first kappa shape index (κ1) is 16.9. The van der Waals surface area contributed by atoms with Crippen LogP contribution in [0.1, 0.15) is 63.1 Å². The smallest absolute Gasteiger partial charge is 0.219 e. The quantitative estimate of drug-likeness (QED) is 0.799. The Bertz CT molecular complexity index is 530. The molecule has 0 unspecified atom stereocenters. The molecule has 0 aromatic carbocycles. The van der Waals surface area contributed by atoms with Crippen molar-refractivity contribution in [2.45, 2.75) is 77.4 Å². The maximum Gasteiger partial charge on any atom is 0.219 e. The molecular weight excluding hydrogens is 306 g/mol. The van der Waals surface area contributed by atoms with Crippen LogP contribution < -0.4 is 0 Å². The van der Waals surface area contributed by atoms with Crippen molar-refractivity contribution in [3.63, 3.8) is 0 Å². The lowest BCUT2D eigenvalue weighted by Gasteiger charge is -2.34. The van der Waals surface area contributed by atoms with E-state index in [0.717, 1.165) is 32.5 Å². The molecule has 2 saturated heterocycles. The van der Waals surface area contributed by atoms with Gasteiger partial charge < -0.3 is 4.90 Å². The van der Waals surface area contributed by atoms with Gasteiger partial charge in [-0.3, -0.25) is 9.69 Å². The molecule has 128 valence electrons. The first-order valence-corrected chi connectivity index (χ1v) is 10.0. The number of hydrogen-bond donors (Lipinski definition) is 0. The zero-order valence-electron chi connectivity index (χ0n) is 14.5. The lowest BCUT2D eigenvalue weighted by atomic mass is 10.0. The lowest BCUT2D eigenvalue weighted by molar-refractivity contribution is -0.130. The van der Waals surface area contributed by atoms with Crippen molar-refractivity contribution in [2.24, 2.45) is 0 Å². The van der Waals surface area contributed by atoms with Crippen LogP contribution in [-0.4, -0.2) is 45.9 Å². The van der Waals surface area contributed by atoms with Gasteiger partial charge in [-0.1, -0.05) is 13.3 Å². The molecule has 2 aliphatic rings. The molecule has 5 heteroatoms. The highest BCUT2D eigenvalue weighted by Gasteiger charge is 2.38. The molecule has 0 spiro atoms. The van der Waals surface area contributed by atoms with E-state index in [4.69, 9.17) is 4.98 Å². The summed E-state index contributed by atoms with van der Waals surface area (Å²) < 4.78 is 0. The Kier molecular flexibility index (Phi) is 5.70. The van der Waals surface area contributed by atoms with Crippen LogP contribution in [-0.2, 0) is 17.8 Å². The molecule has 1 amide bonds. The summed E-state index contributed by atoms with van der Waals surface area (Å²) in [6.07, 6.45) is 8.37. The van der Waals surface area contributed by atoms with Crippen LogP contribution in [0.2, 0.25) is 0 Å². The molecule has 0 N–H and O–H groups in total. The zero-order valence-corrected chi connectivity index (χ0v) is 15.3. The number of nitrogens with zero attached hydrogens (tertiary/aromatic N) is 3. The molecule has 1 aromatic heterocycles. The summed E-state index contributed by atoms with van der Waals surface area (Å²) in [6.45, 7) is 7.00. The Balaban J connectivity index is 1.62. The highest BCUT2D eigenvalue weighted by molar-refractivity contribution is 7.09. The van der Waals surface area contributed by atoms with E-state index in [2.05, 4.69) is 22.1 Å². The van der Waals surface area contributed by atoms with Crippen LogP contribution in [0.15, 0.2) is 5.38 Å². The number of amides is 1. The highest BCUT2D eigenvalue weighted by atomic mass is 32.1. The lowest BCUT2D eigenvalue weighted by Crippen LogP contribution is -2.47. The Morgan fingerprint density at radius 2 is 2.09 bits per heavy atom. The molecule has 2 atom stereocenters. The predicted octanol–water partition coefficient (Wildman–Crippen LogP) is 3.46. The molecule has 0 radical (unpaired) electrons. The maximum atomic E-state index is 11.9. The van der Waals surface area contributed by atoms with Gasteiger partial charge in [-0.05, 0) is 45.1 Å². The molecule has 1 aromatic rings. The van der Waals surface area contributed by atoms with Crippen molar-refractivity contribution >= 4 is 17.2 Å². The Labute approximate surface area is 143 Å². The fourth-order valence-corrected chi connectivity index (χ4v) is 4.97. The number of aromatic nitrogens is 1. The van der Waals surface area contributed by atoms with Crippen molar-refractivity contribution < 1.29 is 4.79 Å². The summed E-state index contributed by atoms with van der Waals surface area (Å²) in [5, 5.41) is 3.52. The summed E-state index contributed by atoms with van der Waals surface area (Å²) in [7, 11) is 0. The first-order chi connectivity index (χ1) is 11.2. The number of carbonyl (C=O) groups is 1. The minimum absolute atomic E-state index is 0.245. The van der Waals surface area contributed by atoms with E-state index in [1.54, 1.807) is 6.92 Å². The first-order valence-electron chi connectivity index (χ1n) is 9.13. The average Bonchev–Trinajstić information content (AvgIpc) is 3.25. The van der Waals surface area contributed by atoms with E-state index >= 15 is 0 Å². The van der Waals surface area contributed by atoms with Crippen molar-refractivity contribution in [3.8, 4) is 0 Å². The van der Waals surface area contributed by atoms with Crippen molar-refractivity contribution in [1.29, 1.82) is 0 Å². The summed E-state index contributed by atoms with van der Waals surface area (Å²) in [4.78, 5) is 21.4. The molecule has 23 heavy (non-hydrogen) atoms. The van der Waals surface area contributed by atoms with Crippen LogP contribution in [0.25, 0.3) is 0 Å². The van der Waals surface area contributed by atoms with Crippen LogP contribution in [0.5, 0.6) is 0 Å². The Hall–Kier alpha value is -0.940. The molecule has 3 heterocycles. The number of carbonyl (C=O) groups excluding carboxylic acids is 1. The Morgan fingerprint density at radius 3 is 2.87 bits per heavy atom. The number of hydrogen-bond acceptors (Lipinski definition) is 4. The summed E-state index contributed by atoms with van der Waals surface area (Å²) in [5.74, 6) is 0.245. The van der Waals surface area contributed by atoms with Crippen LogP contribution >= 0.6 is 11.3 Å². The summed E-state index contributed by atoms with van der Waals surface area (Å²) in [5.41, 5.74) is 1.22. The van der Waals surface area contributed by atoms with Gasteiger partial charge in [0.05, 0.1) is 10.7 Å². The molecule has 3 rings (SSSR count). The fraction of sp³-hybridized carbons (Fsp3) is 0.778. The normalized spacial score (nSPS) is 25.4. The van der Waals surface area contributed by atoms with E-state index in [9.17, 15) is 4.79 Å². The largest absolute Gasteiger partial charge is 0.338 e. The average molecular weight is 336 g/mol. The van der Waals surface area contributed by atoms with Gasteiger partial charge in [-0.2, -0.15) is 0 Å². The molecule has 0 bridgehead atoms. The summed E-state index contributed by atoms with van der Waals surface area (Å²) >= 11 is 1.81. The van der Waals surface area contributed by atoms with E-state index in [-0.39, 0.29) is 5.91 Å². The molecular formula is C18H29N3OS. The van der Waals surface area contributed by atoms with Crippen molar-refractivity contribution in [1.82, 2.24) is 14.8 Å². The van der Waals surface area contributed by atoms with E-state index in [1.165, 1.54) is 42.8 Å². The minimum Gasteiger partial charge on any atom is -0.338 e. The second kappa shape index (κ2) is 7.75. The van der Waals surface area contributed by atoms with Gasteiger partial charge >= 0.3 is 0 Å². The van der Waals surface area contributed by atoms with Crippen molar-refractivity contribution in [3.05, 3.63) is 16.1 Å².